The second-order valence-electron chi connectivity index (χ2n) is 6.79. The van der Waals surface area contributed by atoms with Gasteiger partial charge in [-0.2, -0.15) is 0 Å². The van der Waals surface area contributed by atoms with E-state index in [4.69, 9.17) is 4.74 Å². The first-order valence-electron chi connectivity index (χ1n) is 8.35. The van der Waals surface area contributed by atoms with Crippen LogP contribution in [-0.4, -0.2) is 61.5 Å². The smallest absolute Gasteiger partial charge is 0.253 e. The topological polar surface area (TPSA) is 49.9 Å². The highest BCUT2D eigenvalue weighted by atomic mass is 19.1. The number of piperidine rings is 1. The summed E-state index contributed by atoms with van der Waals surface area (Å²) in [7, 11) is 1.63. The van der Waals surface area contributed by atoms with Crippen LogP contribution in [-0.2, 0) is 9.53 Å². The molecule has 2 aliphatic rings. The Balaban J connectivity index is 1.60. The Morgan fingerprint density at radius 3 is 2.75 bits per heavy atom. The van der Waals surface area contributed by atoms with E-state index in [-0.39, 0.29) is 17.2 Å². The SMILES string of the molecule is COCCN1CC2(CCN(C(=O)c3cccc(F)c3)CC2)CC1=O. The van der Waals surface area contributed by atoms with E-state index in [1.165, 1.54) is 12.1 Å². The van der Waals surface area contributed by atoms with Gasteiger partial charge >= 0.3 is 0 Å². The minimum atomic E-state index is -0.399. The van der Waals surface area contributed by atoms with Gasteiger partial charge in [0.25, 0.3) is 5.91 Å². The first kappa shape index (κ1) is 16.9. The van der Waals surface area contributed by atoms with Crippen molar-refractivity contribution in [3.63, 3.8) is 0 Å². The van der Waals surface area contributed by atoms with Crippen molar-refractivity contribution in [1.29, 1.82) is 0 Å². The molecule has 130 valence electrons. The lowest BCUT2D eigenvalue weighted by Crippen LogP contribution is -2.44. The first-order valence-corrected chi connectivity index (χ1v) is 8.35. The molecule has 24 heavy (non-hydrogen) atoms. The lowest BCUT2D eigenvalue weighted by atomic mass is 9.77. The fourth-order valence-electron chi connectivity index (χ4n) is 3.71. The van der Waals surface area contributed by atoms with Crippen LogP contribution in [0.1, 0.15) is 29.6 Å². The maximum atomic E-state index is 13.3. The quantitative estimate of drug-likeness (QED) is 0.845. The number of hydrogen-bond acceptors (Lipinski definition) is 3. The third-order valence-electron chi connectivity index (χ3n) is 5.15. The molecule has 0 aliphatic carbocycles. The summed E-state index contributed by atoms with van der Waals surface area (Å²) < 4.78 is 18.4. The lowest BCUT2D eigenvalue weighted by Gasteiger charge is -2.38. The zero-order chi connectivity index (χ0) is 17.2. The predicted octanol–water partition coefficient (Wildman–Crippen LogP) is 1.93. The normalized spacial score (nSPS) is 20.0. The molecule has 0 bridgehead atoms. The van der Waals surface area contributed by atoms with Gasteiger partial charge in [-0.25, -0.2) is 4.39 Å². The van der Waals surface area contributed by atoms with E-state index in [9.17, 15) is 14.0 Å². The molecule has 2 heterocycles. The Morgan fingerprint density at radius 1 is 1.33 bits per heavy atom. The molecule has 0 radical (unpaired) electrons. The van der Waals surface area contributed by atoms with Crippen molar-refractivity contribution in [2.75, 3.05) is 39.9 Å². The van der Waals surface area contributed by atoms with Crippen LogP contribution in [0.15, 0.2) is 24.3 Å². The molecule has 0 saturated carbocycles. The van der Waals surface area contributed by atoms with E-state index < -0.39 is 5.82 Å². The van der Waals surface area contributed by atoms with Gasteiger partial charge in [0.15, 0.2) is 0 Å². The molecule has 0 aromatic heterocycles. The highest BCUT2D eigenvalue weighted by Crippen LogP contribution is 2.41. The molecular weight excluding hydrogens is 311 g/mol. The van der Waals surface area contributed by atoms with Gasteiger partial charge in [0.1, 0.15) is 5.82 Å². The van der Waals surface area contributed by atoms with Crippen molar-refractivity contribution in [1.82, 2.24) is 9.80 Å². The van der Waals surface area contributed by atoms with E-state index in [1.54, 1.807) is 24.1 Å². The Kier molecular flexibility index (Phi) is 4.85. The third kappa shape index (κ3) is 3.43. The first-order chi connectivity index (χ1) is 11.5. The Morgan fingerprint density at radius 2 is 2.08 bits per heavy atom. The highest BCUT2D eigenvalue weighted by molar-refractivity contribution is 5.94. The van der Waals surface area contributed by atoms with Crippen molar-refractivity contribution in [3.8, 4) is 0 Å². The number of methoxy groups -OCH3 is 1. The van der Waals surface area contributed by atoms with Gasteiger partial charge in [-0.15, -0.1) is 0 Å². The molecule has 1 spiro atoms. The summed E-state index contributed by atoms with van der Waals surface area (Å²) in [5, 5.41) is 0. The molecule has 0 unspecified atom stereocenters. The summed E-state index contributed by atoms with van der Waals surface area (Å²) >= 11 is 0. The fourth-order valence-corrected chi connectivity index (χ4v) is 3.71. The summed E-state index contributed by atoms with van der Waals surface area (Å²) in [4.78, 5) is 28.3. The average molecular weight is 334 g/mol. The van der Waals surface area contributed by atoms with Gasteiger partial charge in [-0.1, -0.05) is 6.07 Å². The van der Waals surface area contributed by atoms with Gasteiger partial charge < -0.3 is 14.5 Å². The molecule has 6 heteroatoms. The minimum Gasteiger partial charge on any atom is -0.383 e. The number of carbonyl (C=O) groups excluding carboxylic acids is 2. The number of ether oxygens (including phenoxy) is 1. The van der Waals surface area contributed by atoms with E-state index in [0.29, 0.717) is 38.2 Å². The maximum Gasteiger partial charge on any atom is 0.253 e. The zero-order valence-corrected chi connectivity index (χ0v) is 14.0. The van der Waals surface area contributed by atoms with Crippen LogP contribution in [0.2, 0.25) is 0 Å². The van der Waals surface area contributed by atoms with E-state index in [0.717, 1.165) is 19.4 Å². The van der Waals surface area contributed by atoms with Crippen LogP contribution in [0.5, 0.6) is 0 Å². The second kappa shape index (κ2) is 6.89. The average Bonchev–Trinajstić information content (AvgIpc) is 2.88. The number of halogens is 1. The number of hydrogen-bond donors (Lipinski definition) is 0. The van der Waals surface area contributed by atoms with Crippen LogP contribution in [0, 0.1) is 11.2 Å². The molecular formula is C18H23FN2O3. The van der Waals surface area contributed by atoms with Gasteiger partial charge in [0.05, 0.1) is 6.61 Å². The molecule has 2 aliphatic heterocycles. The van der Waals surface area contributed by atoms with E-state index in [2.05, 4.69) is 0 Å². The molecule has 5 nitrogen and oxygen atoms in total. The summed E-state index contributed by atoms with van der Waals surface area (Å²) in [6.07, 6.45) is 2.17. The molecule has 3 rings (SSSR count). The number of rotatable bonds is 4. The van der Waals surface area contributed by atoms with Crippen molar-refractivity contribution < 1.29 is 18.7 Å². The molecule has 1 aromatic carbocycles. The summed E-state index contributed by atoms with van der Waals surface area (Å²) in [5.41, 5.74) is 0.360. The number of benzene rings is 1. The van der Waals surface area contributed by atoms with Gasteiger partial charge in [0, 0.05) is 50.7 Å². The van der Waals surface area contributed by atoms with E-state index in [1.807, 2.05) is 4.90 Å². The second-order valence-corrected chi connectivity index (χ2v) is 6.79. The van der Waals surface area contributed by atoms with Crippen LogP contribution >= 0.6 is 0 Å². The molecule has 0 N–H and O–H groups in total. The number of carbonyl (C=O) groups is 2. The van der Waals surface area contributed by atoms with Crippen LogP contribution in [0.3, 0.4) is 0 Å². The Bertz CT molecular complexity index is 626. The third-order valence-corrected chi connectivity index (χ3v) is 5.15. The van der Waals surface area contributed by atoms with Crippen molar-refractivity contribution in [2.24, 2.45) is 5.41 Å². The van der Waals surface area contributed by atoms with Crippen molar-refractivity contribution in [3.05, 3.63) is 35.6 Å². The number of likely N-dealkylation sites (tertiary alicyclic amines) is 2. The van der Waals surface area contributed by atoms with Crippen LogP contribution in [0.25, 0.3) is 0 Å². The largest absolute Gasteiger partial charge is 0.383 e. The molecule has 2 fully saturated rings. The zero-order valence-electron chi connectivity index (χ0n) is 14.0. The highest BCUT2D eigenvalue weighted by Gasteiger charge is 2.45. The van der Waals surface area contributed by atoms with Crippen molar-refractivity contribution in [2.45, 2.75) is 19.3 Å². The molecule has 2 saturated heterocycles. The monoisotopic (exact) mass is 334 g/mol. The molecule has 1 aromatic rings. The van der Waals surface area contributed by atoms with Crippen molar-refractivity contribution >= 4 is 11.8 Å². The molecule has 2 amide bonds. The summed E-state index contributed by atoms with van der Waals surface area (Å²) in [6, 6.07) is 5.80. The maximum absolute atomic E-state index is 13.3. The minimum absolute atomic E-state index is 0.0243. The Hall–Kier alpha value is -1.95. The van der Waals surface area contributed by atoms with Crippen LogP contribution in [0.4, 0.5) is 4.39 Å². The van der Waals surface area contributed by atoms with Gasteiger partial charge in [-0.3, -0.25) is 9.59 Å². The fraction of sp³-hybridized carbons (Fsp3) is 0.556. The van der Waals surface area contributed by atoms with Gasteiger partial charge in [-0.05, 0) is 31.0 Å². The standard InChI is InChI=1S/C18H23FN2O3/c1-24-10-9-21-13-18(12-16(21)22)5-7-20(8-6-18)17(23)14-3-2-4-15(19)11-14/h2-4,11H,5-10,12-13H2,1H3. The number of amides is 2. The van der Waals surface area contributed by atoms with Crippen LogP contribution < -0.4 is 0 Å². The Labute approximate surface area is 141 Å². The number of nitrogens with zero attached hydrogens (tertiary/aromatic N) is 2. The lowest BCUT2D eigenvalue weighted by molar-refractivity contribution is -0.128. The summed E-state index contributed by atoms with van der Waals surface area (Å²) in [5.74, 6) is -0.355. The van der Waals surface area contributed by atoms with Gasteiger partial charge in [0.2, 0.25) is 5.91 Å². The summed E-state index contributed by atoms with van der Waals surface area (Å²) in [6.45, 7) is 3.15. The van der Waals surface area contributed by atoms with E-state index >= 15 is 0 Å². The predicted molar refractivity (Wildman–Crippen MR) is 87.0 cm³/mol. The molecule has 0 atom stereocenters.